The van der Waals surface area contributed by atoms with E-state index < -0.39 is 0 Å². The number of halogens is 1. The summed E-state index contributed by atoms with van der Waals surface area (Å²) < 4.78 is 0. The van der Waals surface area contributed by atoms with Crippen LogP contribution in [0.1, 0.15) is 19.3 Å². The molecule has 3 saturated heterocycles. The Balaban J connectivity index is 0.000000500. The number of fused-ring (bicyclic) bond motifs is 4. The van der Waals surface area contributed by atoms with Gasteiger partial charge in [-0.3, -0.25) is 0 Å². The van der Waals surface area contributed by atoms with Crippen molar-refractivity contribution in [1.82, 2.24) is 10.6 Å². The van der Waals surface area contributed by atoms with Gasteiger partial charge in [0, 0.05) is 25.2 Å². The summed E-state index contributed by atoms with van der Waals surface area (Å²) >= 11 is 0. The zero-order valence-electron chi connectivity index (χ0n) is 6.10. The van der Waals surface area contributed by atoms with Gasteiger partial charge in [-0.05, 0) is 12.8 Å². The number of hydrogen-bond acceptors (Lipinski definition) is 2. The van der Waals surface area contributed by atoms with E-state index in [2.05, 4.69) is 10.6 Å². The smallest absolute Gasteiger partial charge is 0.0193 e. The highest BCUT2D eigenvalue weighted by molar-refractivity contribution is 5.85. The highest BCUT2D eigenvalue weighted by Crippen LogP contribution is 2.12. The molecule has 3 aliphatic heterocycles. The van der Waals surface area contributed by atoms with Gasteiger partial charge in [0.05, 0.1) is 0 Å². The molecule has 3 heterocycles. The maximum absolute atomic E-state index is 3.52. The molecule has 3 heteroatoms. The van der Waals surface area contributed by atoms with Crippen LogP contribution in [0.5, 0.6) is 0 Å². The zero-order valence-corrected chi connectivity index (χ0v) is 6.91. The first-order chi connectivity index (χ1) is 4.45. The predicted molar refractivity (Wildman–Crippen MR) is 44.7 cm³/mol. The fourth-order valence-electron chi connectivity index (χ4n) is 1.78. The third kappa shape index (κ3) is 1.62. The molecule has 0 aromatic carbocycles. The molecule has 0 saturated carbocycles. The van der Waals surface area contributed by atoms with Gasteiger partial charge in [-0.1, -0.05) is 6.42 Å². The van der Waals surface area contributed by atoms with Gasteiger partial charge in [0.1, 0.15) is 0 Å². The van der Waals surface area contributed by atoms with Crippen molar-refractivity contribution in [3.63, 3.8) is 0 Å². The van der Waals surface area contributed by atoms with E-state index >= 15 is 0 Å². The van der Waals surface area contributed by atoms with E-state index in [4.69, 9.17) is 0 Å². The molecule has 2 N–H and O–H groups in total. The Morgan fingerprint density at radius 3 is 1.80 bits per heavy atom. The van der Waals surface area contributed by atoms with E-state index in [1.54, 1.807) is 0 Å². The molecule has 0 aromatic heterocycles. The van der Waals surface area contributed by atoms with Crippen LogP contribution >= 0.6 is 12.4 Å². The first kappa shape index (κ1) is 8.31. The Morgan fingerprint density at radius 2 is 1.40 bits per heavy atom. The second-order valence-electron chi connectivity index (χ2n) is 3.14. The molecule has 60 valence electrons. The minimum atomic E-state index is 0. The van der Waals surface area contributed by atoms with Crippen LogP contribution in [0.2, 0.25) is 0 Å². The van der Waals surface area contributed by atoms with Gasteiger partial charge in [-0.2, -0.15) is 0 Å². The standard InChI is InChI=1S/C7H14N2.ClH/c1-2-6-4-9-7(3-1)5-8-6;/h6-9H,1-5H2;1H. The maximum Gasteiger partial charge on any atom is 0.0193 e. The van der Waals surface area contributed by atoms with Crippen LogP contribution in [-0.2, 0) is 0 Å². The summed E-state index contributed by atoms with van der Waals surface area (Å²) in [5, 5.41) is 7.04. The number of piperazine rings is 1. The van der Waals surface area contributed by atoms with E-state index in [0.29, 0.717) is 0 Å². The molecule has 0 spiro atoms. The number of nitrogens with one attached hydrogen (secondary N) is 2. The lowest BCUT2D eigenvalue weighted by atomic mass is 10.1. The fourth-order valence-corrected chi connectivity index (χ4v) is 1.78. The van der Waals surface area contributed by atoms with E-state index in [9.17, 15) is 0 Å². The largest absolute Gasteiger partial charge is 0.311 e. The van der Waals surface area contributed by atoms with Crippen molar-refractivity contribution in [2.24, 2.45) is 0 Å². The summed E-state index contributed by atoms with van der Waals surface area (Å²) in [5.41, 5.74) is 0. The third-order valence-corrected chi connectivity index (χ3v) is 2.41. The van der Waals surface area contributed by atoms with Crippen LogP contribution in [0, 0.1) is 0 Å². The van der Waals surface area contributed by atoms with Crippen LogP contribution in [-0.4, -0.2) is 25.2 Å². The van der Waals surface area contributed by atoms with Gasteiger partial charge >= 0.3 is 0 Å². The molecule has 2 bridgehead atoms. The zero-order chi connectivity index (χ0) is 6.10. The quantitative estimate of drug-likeness (QED) is 0.543. The molecular weight excluding hydrogens is 148 g/mol. The summed E-state index contributed by atoms with van der Waals surface area (Å²) in [7, 11) is 0. The Hall–Kier alpha value is 0.210. The van der Waals surface area contributed by atoms with Gasteiger partial charge in [0.15, 0.2) is 0 Å². The molecule has 2 nitrogen and oxygen atoms in total. The van der Waals surface area contributed by atoms with Crippen molar-refractivity contribution in [2.75, 3.05) is 13.1 Å². The minimum Gasteiger partial charge on any atom is -0.311 e. The van der Waals surface area contributed by atoms with E-state index in [-0.39, 0.29) is 12.4 Å². The van der Waals surface area contributed by atoms with Gasteiger partial charge in [-0.15, -0.1) is 12.4 Å². The molecule has 0 amide bonds. The average molecular weight is 163 g/mol. The summed E-state index contributed by atoms with van der Waals surface area (Å²) in [6, 6.07) is 1.56. The topological polar surface area (TPSA) is 24.1 Å². The fraction of sp³-hybridized carbons (Fsp3) is 1.00. The molecule has 10 heavy (non-hydrogen) atoms. The Morgan fingerprint density at radius 1 is 0.900 bits per heavy atom. The number of rotatable bonds is 0. The summed E-state index contributed by atoms with van der Waals surface area (Å²) in [5.74, 6) is 0. The summed E-state index contributed by atoms with van der Waals surface area (Å²) in [6.07, 6.45) is 4.17. The predicted octanol–water partition coefficient (Wildman–Crippen LogP) is 0.522. The molecule has 2 atom stereocenters. The lowest BCUT2D eigenvalue weighted by Crippen LogP contribution is -2.51. The molecule has 0 aliphatic carbocycles. The Bertz CT molecular complexity index is 82.3. The van der Waals surface area contributed by atoms with Crippen LogP contribution in [0.4, 0.5) is 0 Å². The van der Waals surface area contributed by atoms with Crippen LogP contribution < -0.4 is 10.6 Å². The number of hydrogen-bond donors (Lipinski definition) is 2. The third-order valence-electron chi connectivity index (χ3n) is 2.41. The second kappa shape index (κ2) is 3.56. The second-order valence-corrected chi connectivity index (χ2v) is 3.14. The molecule has 3 rings (SSSR count). The molecule has 0 aromatic rings. The van der Waals surface area contributed by atoms with Gasteiger partial charge in [0.2, 0.25) is 0 Å². The van der Waals surface area contributed by atoms with Crippen molar-refractivity contribution in [1.29, 1.82) is 0 Å². The van der Waals surface area contributed by atoms with Crippen molar-refractivity contribution in [2.45, 2.75) is 31.3 Å². The van der Waals surface area contributed by atoms with Gasteiger partial charge < -0.3 is 10.6 Å². The minimum absolute atomic E-state index is 0. The normalized spacial score (nSPS) is 38.4. The average Bonchev–Trinajstić information content (AvgIpc) is 2.21. The van der Waals surface area contributed by atoms with Crippen molar-refractivity contribution in [3.05, 3.63) is 0 Å². The molecule has 3 aliphatic rings. The lowest BCUT2D eigenvalue weighted by Gasteiger charge is -2.25. The van der Waals surface area contributed by atoms with Gasteiger partial charge in [0.25, 0.3) is 0 Å². The first-order valence-corrected chi connectivity index (χ1v) is 3.92. The van der Waals surface area contributed by atoms with Crippen LogP contribution in [0.3, 0.4) is 0 Å². The highest BCUT2D eigenvalue weighted by Gasteiger charge is 2.22. The van der Waals surface area contributed by atoms with Gasteiger partial charge in [-0.25, -0.2) is 0 Å². The van der Waals surface area contributed by atoms with Crippen LogP contribution in [0.25, 0.3) is 0 Å². The summed E-state index contributed by atoms with van der Waals surface area (Å²) in [4.78, 5) is 0. The molecule has 3 fully saturated rings. The Kier molecular flexibility index (Phi) is 2.96. The molecular formula is C7H15ClN2. The lowest BCUT2D eigenvalue weighted by molar-refractivity contribution is 0.376. The van der Waals surface area contributed by atoms with E-state index in [1.807, 2.05) is 0 Å². The molecule has 2 unspecified atom stereocenters. The molecule has 0 radical (unpaired) electrons. The van der Waals surface area contributed by atoms with E-state index in [0.717, 1.165) is 12.1 Å². The van der Waals surface area contributed by atoms with Crippen LogP contribution in [0.15, 0.2) is 0 Å². The Labute approximate surface area is 68.2 Å². The van der Waals surface area contributed by atoms with Crippen molar-refractivity contribution >= 4 is 12.4 Å². The monoisotopic (exact) mass is 162 g/mol. The van der Waals surface area contributed by atoms with E-state index in [1.165, 1.54) is 32.4 Å². The first-order valence-electron chi connectivity index (χ1n) is 3.92. The van der Waals surface area contributed by atoms with Crippen molar-refractivity contribution < 1.29 is 0 Å². The summed E-state index contributed by atoms with van der Waals surface area (Å²) in [6.45, 7) is 2.40. The SMILES string of the molecule is C1CC2CNC(C1)CN2.Cl. The highest BCUT2D eigenvalue weighted by atomic mass is 35.5. The maximum atomic E-state index is 3.52. The van der Waals surface area contributed by atoms with Crippen molar-refractivity contribution in [3.8, 4) is 0 Å².